The number of carbonyl (C=O) groups excluding carboxylic acids is 2. The second kappa shape index (κ2) is 9.66. The number of benzene rings is 1. The number of rotatable bonds is 8. The van der Waals surface area contributed by atoms with Crippen LogP contribution in [0.4, 0.5) is 11.6 Å². The average molecular weight is 370 g/mol. The van der Waals surface area contributed by atoms with Crippen LogP contribution in [0.5, 0.6) is 0 Å². The first-order chi connectivity index (χ1) is 13.0. The summed E-state index contributed by atoms with van der Waals surface area (Å²) in [5, 5.41) is 2.78. The zero-order chi connectivity index (χ0) is 19.8. The van der Waals surface area contributed by atoms with E-state index in [1.807, 2.05) is 6.92 Å². The minimum Gasteiger partial charge on any atom is -0.465 e. The van der Waals surface area contributed by atoms with Crippen molar-refractivity contribution in [2.75, 3.05) is 30.4 Å². The zero-order valence-electron chi connectivity index (χ0n) is 16.3. The van der Waals surface area contributed by atoms with Crippen molar-refractivity contribution in [1.82, 2.24) is 9.97 Å². The molecule has 0 aliphatic heterocycles. The zero-order valence-corrected chi connectivity index (χ0v) is 16.3. The maximum absolute atomic E-state index is 12.7. The van der Waals surface area contributed by atoms with Gasteiger partial charge in [0.25, 0.3) is 5.91 Å². The predicted octanol–water partition coefficient (Wildman–Crippen LogP) is 3.45. The van der Waals surface area contributed by atoms with E-state index >= 15 is 0 Å². The summed E-state index contributed by atoms with van der Waals surface area (Å²) < 4.78 is 4.71. The van der Waals surface area contributed by atoms with Gasteiger partial charge in [-0.3, -0.25) is 4.79 Å². The van der Waals surface area contributed by atoms with Gasteiger partial charge in [0, 0.05) is 24.5 Å². The molecule has 0 spiro atoms. The number of esters is 1. The van der Waals surface area contributed by atoms with Crippen LogP contribution in [-0.4, -0.2) is 42.0 Å². The van der Waals surface area contributed by atoms with E-state index < -0.39 is 5.97 Å². The number of hydrogen-bond donors (Lipinski definition) is 1. The molecule has 0 atom stereocenters. The van der Waals surface area contributed by atoms with Crippen LogP contribution in [0.1, 0.15) is 53.2 Å². The Bertz CT molecular complexity index is 802. The molecule has 1 N–H and O–H groups in total. The van der Waals surface area contributed by atoms with Crippen molar-refractivity contribution in [3.8, 4) is 0 Å². The van der Waals surface area contributed by atoms with Gasteiger partial charge in [0.15, 0.2) is 0 Å². The summed E-state index contributed by atoms with van der Waals surface area (Å²) in [4.78, 5) is 35.3. The number of hydrogen-bond acceptors (Lipinski definition) is 6. The van der Waals surface area contributed by atoms with Crippen LogP contribution in [0.3, 0.4) is 0 Å². The SMILES string of the molecule is CCCN(CCC)c1nc(C)cc(C(=O)Nc2cccc(C(=O)OC)c2)n1. The molecule has 2 aromatic rings. The highest BCUT2D eigenvalue weighted by Crippen LogP contribution is 2.15. The smallest absolute Gasteiger partial charge is 0.337 e. The Kier molecular flexibility index (Phi) is 7.28. The van der Waals surface area contributed by atoms with Gasteiger partial charge in [0.05, 0.1) is 12.7 Å². The van der Waals surface area contributed by atoms with Crippen molar-refractivity contribution in [2.24, 2.45) is 0 Å². The molecule has 0 saturated carbocycles. The largest absolute Gasteiger partial charge is 0.465 e. The highest BCUT2D eigenvalue weighted by atomic mass is 16.5. The van der Waals surface area contributed by atoms with Gasteiger partial charge in [-0.15, -0.1) is 0 Å². The number of carbonyl (C=O) groups is 2. The first kappa shape index (κ1) is 20.4. The third-order valence-corrected chi connectivity index (χ3v) is 3.89. The standard InChI is InChI=1S/C20H26N4O3/c1-5-10-24(11-6-2)20-21-14(3)12-17(23-20)18(25)22-16-9-7-8-15(13-16)19(26)27-4/h7-9,12-13H,5-6,10-11H2,1-4H3,(H,22,25). The fourth-order valence-electron chi connectivity index (χ4n) is 2.70. The highest BCUT2D eigenvalue weighted by Gasteiger charge is 2.15. The fourth-order valence-corrected chi connectivity index (χ4v) is 2.70. The number of methoxy groups -OCH3 is 1. The third kappa shape index (κ3) is 5.51. The van der Waals surface area contributed by atoms with Gasteiger partial charge < -0.3 is 15.0 Å². The topological polar surface area (TPSA) is 84.4 Å². The molecule has 0 aliphatic rings. The van der Waals surface area contributed by atoms with Crippen molar-refractivity contribution < 1.29 is 14.3 Å². The minimum absolute atomic E-state index is 0.290. The molecule has 0 radical (unpaired) electrons. The molecule has 1 aromatic carbocycles. The molecule has 0 saturated heterocycles. The van der Waals surface area contributed by atoms with Crippen molar-refractivity contribution in [3.63, 3.8) is 0 Å². The number of ether oxygens (including phenoxy) is 1. The van der Waals surface area contributed by atoms with Crippen LogP contribution in [-0.2, 0) is 4.74 Å². The third-order valence-electron chi connectivity index (χ3n) is 3.89. The first-order valence-electron chi connectivity index (χ1n) is 9.08. The van der Waals surface area contributed by atoms with Gasteiger partial charge in [0.2, 0.25) is 5.95 Å². The lowest BCUT2D eigenvalue weighted by Gasteiger charge is -2.22. The highest BCUT2D eigenvalue weighted by molar-refractivity contribution is 6.03. The van der Waals surface area contributed by atoms with Gasteiger partial charge >= 0.3 is 5.97 Å². The Labute approximate surface area is 159 Å². The summed E-state index contributed by atoms with van der Waals surface area (Å²) in [6, 6.07) is 8.24. The monoisotopic (exact) mass is 370 g/mol. The van der Waals surface area contributed by atoms with E-state index in [-0.39, 0.29) is 11.6 Å². The molecule has 2 rings (SSSR count). The van der Waals surface area contributed by atoms with E-state index in [0.29, 0.717) is 17.2 Å². The van der Waals surface area contributed by atoms with Gasteiger partial charge in [-0.25, -0.2) is 14.8 Å². The number of nitrogens with zero attached hydrogens (tertiary/aromatic N) is 3. The lowest BCUT2D eigenvalue weighted by atomic mass is 10.2. The number of aromatic nitrogens is 2. The lowest BCUT2D eigenvalue weighted by Crippen LogP contribution is -2.28. The molecule has 144 valence electrons. The summed E-state index contributed by atoms with van der Waals surface area (Å²) in [5.74, 6) is -0.245. The molecule has 7 heteroatoms. The van der Waals surface area contributed by atoms with Crippen molar-refractivity contribution in [1.29, 1.82) is 0 Å². The van der Waals surface area contributed by atoms with E-state index in [2.05, 4.69) is 34.0 Å². The van der Waals surface area contributed by atoms with Crippen molar-refractivity contribution in [2.45, 2.75) is 33.6 Å². The van der Waals surface area contributed by atoms with Gasteiger partial charge in [-0.05, 0) is 44.0 Å². The van der Waals surface area contributed by atoms with Crippen LogP contribution >= 0.6 is 0 Å². The quantitative estimate of drug-likeness (QED) is 0.717. The summed E-state index contributed by atoms with van der Waals surface area (Å²) in [6.45, 7) is 7.70. The second-order valence-electron chi connectivity index (χ2n) is 6.21. The molecular formula is C20H26N4O3. The molecule has 0 aliphatic carbocycles. The summed E-state index contributed by atoms with van der Waals surface area (Å²) >= 11 is 0. The van der Waals surface area contributed by atoms with Gasteiger partial charge in [-0.2, -0.15) is 0 Å². The molecule has 1 amide bonds. The van der Waals surface area contributed by atoms with E-state index in [1.165, 1.54) is 7.11 Å². The number of amides is 1. The van der Waals surface area contributed by atoms with Crippen molar-refractivity contribution in [3.05, 3.63) is 47.3 Å². The first-order valence-corrected chi connectivity index (χ1v) is 9.08. The van der Waals surface area contributed by atoms with Crippen LogP contribution in [0, 0.1) is 6.92 Å². The van der Waals surface area contributed by atoms with Crippen LogP contribution in [0.15, 0.2) is 30.3 Å². The Morgan fingerprint density at radius 1 is 1.11 bits per heavy atom. The van der Waals surface area contributed by atoms with E-state index in [4.69, 9.17) is 4.74 Å². The normalized spacial score (nSPS) is 10.4. The van der Waals surface area contributed by atoms with Crippen molar-refractivity contribution >= 4 is 23.5 Å². The lowest BCUT2D eigenvalue weighted by molar-refractivity contribution is 0.0600. The molecule has 1 heterocycles. The van der Waals surface area contributed by atoms with Gasteiger partial charge in [-0.1, -0.05) is 19.9 Å². The molecular weight excluding hydrogens is 344 g/mol. The summed E-state index contributed by atoms with van der Waals surface area (Å²) in [7, 11) is 1.32. The number of aryl methyl sites for hydroxylation is 1. The van der Waals surface area contributed by atoms with Gasteiger partial charge in [0.1, 0.15) is 5.69 Å². The molecule has 0 unspecified atom stereocenters. The van der Waals surface area contributed by atoms with E-state index in [0.717, 1.165) is 31.6 Å². The molecule has 1 aromatic heterocycles. The maximum Gasteiger partial charge on any atom is 0.337 e. The Morgan fingerprint density at radius 2 is 1.81 bits per heavy atom. The number of nitrogens with one attached hydrogen (secondary N) is 1. The Hall–Kier alpha value is -2.96. The fraction of sp³-hybridized carbons (Fsp3) is 0.400. The van der Waals surface area contributed by atoms with Crippen LogP contribution < -0.4 is 10.2 Å². The molecule has 7 nitrogen and oxygen atoms in total. The van der Waals surface area contributed by atoms with E-state index in [1.54, 1.807) is 30.3 Å². The summed E-state index contributed by atoms with van der Waals surface area (Å²) in [5.41, 5.74) is 1.88. The predicted molar refractivity (Wildman–Crippen MR) is 105 cm³/mol. The van der Waals surface area contributed by atoms with Crippen LogP contribution in [0.25, 0.3) is 0 Å². The molecule has 0 bridgehead atoms. The minimum atomic E-state index is -0.457. The number of anilines is 2. The Balaban J connectivity index is 2.25. The summed E-state index contributed by atoms with van der Waals surface area (Å²) in [6.07, 6.45) is 1.94. The average Bonchev–Trinajstić information content (AvgIpc) is 2.66. The van der Waals surface area contributed by atoms with Crippen LogP contribution in [0.2, 0.25) is 0 Å². The molecule has 0 fully saturated rings. The molecule has 27 heavy (non-hydrogen) atoms. The Morgan fingerprint density at radius 3 is 2.44 bits per heavy atom. The maximum atomic E-state index is 12.7. The van der Waals surface area contributed by atoms with E-state index in [9.17, 15) is 9.59 Å². The second-order valence-corrected chi connectivity index (χ2v) is 6.21.